The Kier molecular flexibility index (Phi) is 3.89. The lowest BCUT2D eigenvalue weighted by Crippen LogP contribution is -2.24. The number of aromatic nitrogens is 3. The predicted octanol–water partition coefficient (Wildman–Crippen LogP) is 0.685. The molecule has 2 aromatic rings. The maximum atomic E-state index is 12.1. The topological polar surface area (TPSA) is 126 Å². The summed E-state index contributed by atoms with van der Waals surface area (Å²) in [5.41, 5.74) is 0.556. The molecule has 0 saturated heterocycles. The molecule has 1 aromatic carbocycles. The molecule has 3 N–H and O–H groups in total. The summed E-state index contributed by atoms with van der Waals surface area (Å²) in [6.07, 6.45) is 1.33. The van der Waals surface area contributed by atoms with Gasteiger partial charge in [-0.25, -0.2) is 4.98 Å². The standard InChI is InChI=1S/C11H12N6O3/c1-12-9-3-2-7(17(19)20)4-8(9)11(18)13-5-10-14-6-15-16-10/h2-4,6,12H,5H2,1H3,(H,13,18)(H,14,15,16). The first-order valence-corrected chi connectivity index (χ1v) is 5.70. The van der Waals surface area contributed by atoms with E-state index in [2.05, 4.69) is 25.8 Å². The molecule has 0 spiro atoms. The number of H-pyrrole nitrogens is 1. The third kappa shape index (κ3) is 2.88. The van der Waals surface area contributed by atoms with Crippen LogP contribution in [0.5, 0.6) is 0 Å². The van der Waals surface area contributed by atoms with Gasteiger partial charge in [0.15, 0.2) is 0 Å². The molecule has 0 fully saturated rings. The summed E-state index contributed by atoms with van der Waals surface area (Å²) >= 11 is 0. The first-order chi connectivity index (χ1) is 9.61. The minimum absolute atomic E-state index is 0.145. The molecule has 0 atom stereocenters. The van der Waals surface area contributed by atoms with Crippen LogP contribution in [0, 0.1) is 10.1 Å². The molecule has 0 aliphatic rings. The van der Waals surface area contributed by atoms with Gasteiger partial charge in [0.2, 0.25) is 0 Å². The number of hydrogen-bond donors (Lipinski definition) is 3. The van der Waals surface area contributed by atoms with Gasteiger partial charge in [-0.3, -0.25) is 20.0 Å². The van der Waals surface area contributed by atoms with Gasteiger partial charge in [0.05, 0.1) is 17.0 Å². The average molecular weight is 276 g/mol. The van der Waals surface area contributed by atoms with Crippen LogP contribution in [0.15, 0.2) is 24.5 Å². The molecular formula is C11H12N6O3. The summed E-state index contributed by atoms with van der Waals surface area (Å²) in [5.74, 6) is 0.0595. The Balaban J connectivity index is 2.18. The molecule has 0 saturated carbocycles. The van der Waals surface area contributed by atoms with Crippen molar-refractivity contribution in [2.24, 2.45) is 0 Å². The van der Waals surface area contributed by atoms with Gasteiger partial charge in [-0.15, -0.1) is 0 Å². The quantitative estimate of drug-likeness (QED) is 0.544. The second-order valence-corrected chi connectivity index (χ2v) is 3.85. The van der Waals surface area contributed by atoms with Crippen LogP contribution in [0.3, 0.4) is 0 Å². The monoisotopic (exact) mass is 276 g/mol. The smallest absolute Gasteiger partial charge is 0.270 e. The van der Waals surface area contributed by atoms with Crippen LogP contribution in [0.25, 0.3) is 0 Å². The summed E-state index contributed by atoms with van der Waals surface area (Å²) in [7, 11) is 1.63. The zero-order chi connectivity index (χ0) is 14.5. The van der Waals surface area contributed by atoms with Crippen molar-refractivity contribution in [1.82, 2.24) is 20.5 Å². The molecule has 1 aromatic heterocycles. The Morgan fingerprint density at radius 2 is 2.30 bits per heavy atom. The predicted molar refractivity (Wildman–Crippen MR) is 70.2 cm³/mol. The molecule has 1 amide bonds. The molecule has 0 unspecified atom stereocenters. The van der Waals surface area contributed by atoms with E-state index in [4.69, 9.17) is 0 Å². The fourth-order valence-electron chi connectivity index (χ4n) is 1.63. The van der Waals surface area contributed by atoms with E-state index in [1.54, 1.807) is 7.05 Å². The molecule has 2 rings (SSSR count). The maximum Gasteiger partial charge on any atom is 0.270 e. The summed E-state index contributed by atoms with van der Waals surface area (Å²) < 4.78 is 0. The molecular weight excluding hydrogens is 264 g/mol. The molecule has 0 radical (unpaired) electrons. The largest absolute Gasteiger partial charge is 0.387 e. The minimum Gasteiger partial charge on any atom is -0.387 e. The molecule has 9 heteroatoms. The second-order valence-electron chi connectivity index (χ2n) is 3.85. The highest BCUT2D eigenvalue weighted by atomic mass is 16.6. The summed E-state index contributed by atoms with van der Waals surface area (Å²) in [6.45, 7) is 0.157. The number of nitro benzene ring substituents is 1. The van der Waals surface area contributed by atoms with Crippen LogP contribution >= 0.6 is 0 Å². The van der Waals surface area contributed by atoms with Crippen LogP contribution in [0.1, 0.15) is 16.2 Å². The Bertz CT molecular complexity index is 625. The molecule has 104 valence electrons. The SMILES string of the molecule is CNc1ccc([N+](=O)[O-])cc1C(=O)NCc1ncn[nH]1. The van der Waals surface area contributed by atoms with Crippen molar-refractivity contribution < 1.29 is 9.72 Å². The average Bonchev–Trinajstić information content (AvgIpc) is 2.97. The lowest BCUT2D eigenvalue weighted by atomic mass is 10.1. The van der Waals surface area contributed by atoms with Crippen molar-refractivity contribution in [1.29, 1.82) is 0 Å². The highest BCUT2D eigenvalue weighted by Crippen LogP contribution is 2.21. The van der Waals surface area contributed by atoms with Gasteiger partial charge in [-0.2, -0.15) is 5.10 Å². The molecule has 9 nitrogen and oxygen atoms in total. The van der Waals surface area contributed by atoms with Crippen molar-refractivity contribution in [2.75, 3.05) is 12.4 Å². The van der Waals surface area contributed by atoms with E-state index >= 15 is 0 Å². The van der Waals surface area contributed by atoms with Crippen molar-refractivity contribution in [3.8, 4) is 0 Å². The van der Waals surface area contributed by atoms with Gasteiger partial charge in [0, 0.05) is 24.9 Å². The molecule has 0 aliphatic heterocycles. The molecule has 0 aliphatic carbocycles. The van der Waals surface area contributed by atoms with E-state index in [0.29, 0.717) is 11.5 Å². The number of nitrogens with one attached hydrogen (secondary N) is 3. The Morgan fingerprint density at radius 1 is 1.50 bits per heavy atom. The Labute approximate surface area is 113 Å². The number of benzene rings is 1. The Hall–Kier alpha value is -2.97. The number of rotatable bonds is 5. The van der Waals surface area contributed by atoms with E-state index in [9.17, 15) is 14.9 Å². The molecule has 0 bridgehead atoms. The number of anilines is 1. The summed E-state index contributed by atoms with van der Waals surface area (Å²) in [4.78, 5) is 26.1. The zero-order valence-corrected chi connectivity index (χ0v) is 10.6. The molecule has 20 heavy (non-hydrogen) atoms. The number of carbonyl (C=O) groups excluding carboxylic acids is 1. The number of hydrogen-bond acceptors (Lipinski definition) is 6. The van der Waals surface area contributed by atoms with Gasteiger partial charge in [-0.05, 0) is 6.07 Å². The number of aromatic amines is 1. The van der Waals surface area contributed by atoms with Crippen LogP contribution in [-0.4, -0.2) is 33.1 Å². The first kappa shape index (κ1) is 13.5. The number of amides is 1. The number of carbonyl (C=O) groups is 1. The highest BCUT2D eigenvalue weighted by molar-refractivity contribution is 6.00. The van der Waals surface area contributed by atoms with Crippen molar-refractivity contribution in [3.05, 3.63) is 46.0 Å². The highest BCUT2D eigenvalue weighted by Gasteiger charge is 2.16. The second kappa shape index (κ2) is 5.78. The number of nitro groups is 1. The summed E-state index contributed by atoms with van der Waals surface area (Å²) in [5, 5.41) is 22.4. The van der Waals surface area contributed by atoms with Crippen LogP contribution in [0.2, 0.25) is 0 Å². The minimum atomic E-state index is -0.549. The van der Waals surface area contributed by atoms with E-state index in [0.717, 1.165) is 0 Å². The number of non-ortho nitro benzene ring substituents is 1. The van der Waals surface area contributed by atoms with Gasteiger partial charge >= 0.3 is 0 Å². The fraction of sp³-hybridized carbons (Fsp3) is 0.182. The van der Waals surface area contributed by atoms with Crippen LogP contribution in [-0.2, 0) is 6.54 Å². The van der Waals surface area contributed by atoms with Crippen molar-refractivity contribution in [2.45, 2.75) is 6.54 Å². The number of nitrogens with zero attached hydrogens (tertiary/aromatic N) is 3. The molecule has 1 heterocycles. The van der Waals surface area contributed by atoms with Gasteiger partial charge in [-0.1, -0.05) is 0 Å². The maximum absolute atomic E-state index is 12.1. The van der Waals surface area contributed by atoms with Crippen molar-refractivity contribution >= 4 is 17.3 Å². The van der Waals surface area contributed by atoms with E-state index in [1.807, 2.05) is 0 Å². The lowest BCUT2D eigenvalue weighted by Gasteiger charge is -2.08. The van der Waals surface area contributed by atoms with Crippen LogP contribution < -0.4 is 10.6 Å². The lowest BCUT2D eigenvalue weighted by molar-refractivity contribution is -0.384. The van der Waals surface area contributed by atoms with Gasteiger partial charge < -0.3 is 10.6 Å². The summed E-state index contributed by atoms with van der Waals surface area (Å²) in [6, 6.07) is 4.04. The van der Waals surface area contributed by atoms with E-state index in [-0.39, 0.29) is 17.8 Å². The first-order valence-electron chi connectivity index (χ1n) is 5.70. The third-order valence-corrected chi connectivity index (χ3v) is 2.61. The van der Waals surface area contributed by atoms with Crippen LogP contribution in [0.4, 0.5) is 11.4 Å². The zero-order valence-electron chi connectivity index (χ0n) is 10.6. The van der Waals surface area contributed by atoms with Crippen molar-refractivity contribution in [3.63, 3.8) is 0 Å². The van der Waals surface area contributed by atoms with Gasteiger partial charge in [0.25, 0.3) is 11.6 Å². The van der Waals surface area contributed by atoms with E-state index < -0.39 is 10.8 Å². The Morgan fingerprint density at radius 3 is 2.90 bits per heavy atom. The normalized spacial score (nSPS) is 10.1. The third-order valence-electron chi connectivity index (χ3n) is 2.61. The van der Waals surface area contributed by atoms with E-state index in [1.165, 1.54) is 24.5 Å². The van der Waals surface area contributed by atoms with Gasteiger partial charge in [0.1, 0.15) is 12.2 Å². The fourth-order valence-corrected chi connectivity index (χ4v) is 1.63.